The van der Waals surface area contributed by atoms with Gasteiger partial charge in [-0.05, 0) is 59.3 Å². The number of nitrogens with zero attached hydrogens (tertiary/aromatic N) is 2. The Labute approximate surface area is 141 Å². The minimum absolute atomic E-state index is 0.0976. The van der Waals surface area contributed by atoms with Crippen molar-refractivity contribution in [2.45, 2.75) is 6.92 Å². The molecule has 1 aromatic heterocycles. The van der Waals surface area contributed by atoms with Crippen LogP contribution in [0.15, 0.2) is 41.8 Å². The quantitative estimate of drug-likeness (QED) is 0.450. The highest BCUT2D eigenvalue weighted by Gasteiger charge is 2.08. The van der Waals surface area contributed by atoms with Crippen molar-refractivity contribution in [3.8, 4) is 11.5 Å². The largest absolute Gasteiger partial charge is 0.504 e. The molecule has 2 rings (SSSR count). The molecule has 6 nitrogen and oxygen atoms in total. The highest BCUT2D eigenvalue weighted by Crippen LogP contribution is 2.32. The molecule has 0 fully saturated rings. The van der Waals surface area contributed by atoms with Crippen LogP contribution in [-0.4, -0.2) is 28.8 Å². The molecule has 0 saturated carbocycles. The summed E-state index contributed by atoms with van der Waals surface area (Å²) in [6.07, 6.45) is 4.56. The third kappa shape index (κ3) is 4.17. The van der Waals surface area contributed by atoms with Crippen LogP contribution >= 0.6 is 22.6 Å². The number of phenolic OH excluding ortho intramolecular Hbond substituents is 1. The van der Waals surface area contributed by atoms with Gasteiger partial charge in [-0.1, -0.05) is 0 Å². The number of ether oxygens (including phenoxy) is 1. The van der Waals surface area contributed by atoms with Crippen LogP contribution in [0.5, 0.6) is 11.5 Å². The molecule has 22 heavy (non-hydrogen) atoms. The van der Waals surface area contributed by atoms with E-state index in [0.29, 0.717) is 27.1 Å². The molecule has 0 unspecified atom stereocenters. The molecule has 0 bridgehead atoms. The molecule has 7 heteroatoms. The Bertz CT molecular complexity index is 690. The molecule has 2 aromatic rings. The summed E-state index contributed by atoms with van der Waals surface area (Å²) in [6, 6.07) is 6.59. The lowest BCUT2D eigenvalue weighted by atomic mass is 10.2. The highest BCUT2D eigenvalue weighted by atomic mass is 127. The number of carbonyl (C=O) groups is 1. The number of benzene rings is 1. The van der Waals surface area contributed by atoms with Gasteiger partial charge in [-0.25, -0.2) is 5.43 Å². The smallest absolute Gasteiger partial charge is 0.271 e. The Morgan fingerprint density at radius 2 is 2.18 bits per heavy atom. The summed E-state index contributed by atoms with van der Waals surface area (Å²) in [5.41, 5.74) is 3.61. The molecule has 0 saturated heterocycles. The Kier molecular flexibility index (Phi) is 5.70. The molecule has 1 amide bonds. The first-order valence-corrected chi connectivity index (χ1v) is 7.58. The fraction of sp³-hybridized carbons (Fsp3) is 0.133. The summed E-state index contributed by atoms with van der Waals surface area (Å²) in [6.45, 7) is 2.28. The van der Waals surface area contributed by atoms with Crippen LogP contribution in [0, 0.1) is 3.57 Å². The average Bonchev–Trinajstić information content (AvgIpc) is 2.53. The summed E-state index contributed by atoms with van der Waals surface area (Å²) in [7, 11) is 0. The maximum absolute atomic E-state index is 11.8. The van der Waals surface area contributed by atoms with Crippen molar-refractivity contribution < 1.29 is 14.6 Å². The zero-order valence-electron chi connectivity index (χ0n) is 11.8. The molecule has 0 aliphatic heterocycles. The summed E-state index contributed by atoms with van der Waals surface area (Å²) in [5.74, 6) is 0.161. The van der Waals surface area contributed by atoms with Crippen LogP contribution in [-0.2, 0) is 0 Å². The highest BCUT2D eigenvalue weighted by molar-refractivity contribution is 14.1. The van der Waals surface area contributed by atoms with E-state index >= 15 is 0 Å². The Morgan fingerprint density at radius 1 is 1.45 bits per heavy atom. The van der Waals surface area contributed by atoms with Gasteiger partial charge in [0.1, 0.15) is 0 Å². The summed E-state index contributed by atoms with van der Waals surface area (Å²) < 4.78 is 5.99. The van der Waals surface area contributed by atoms with E-state index in [1.807, 2.05) is 29.5 Å². The minimum Gasteiger partial charge on any atom is -0.504 e. The van der Waals surface area contributed by atoms with E-state index in [2.05, 4.69) is 15.5 Å². The van der Waals surface area contributed by atoms with Crippen molar-refractivity contribution in [2.75, 3.05) is 6.61 Å². The van der Waals surface area contributed by atoms with Gasteiger partial charge < -0.3 is 9.84 Å². The zero-order chi connectivity index (χ0) is 15.9. The van der Waals surface area contributed by atoms with Gasteiger partial charge in [0.2, 0.25) is 0 Å². The van der Waals surface area contributed by atoms with Crippen molar-refractivity contribution in [3.05, 3.63) is 51.4 Å². The number of rotatable bonds is 5. The molecular formula is C15H14IN3O3. The number of aromatic hydroxyl groups is 1. The predicted molar refractivity (Wildman–Crippen MR) is 91.3 cm³/mol. The van der Waals surface area contributed by atoms with Crippen LogP contribution in [0.2, 0.25) is 0 Å². The number of nitrogens with one attached hydrogen (secondary N) is 1. The van der Waals surface area contributed by atoms with Crippen molar-refractivity contribution in [1.82, 2.24) is 10.4 Å². The topological polar surface area (TPSA) is 83.8 Å². The Balaban J connectivity index is 2.09. The van der Waals surface area contributed by atoms with Crippen molar-refractivity contribution >= 4 is 34.7 Å². The summed E-state index contributed by atoms with van der Waals surface area (Å²) in [4.78, 5) is 15.7. The molecule has 0 atom stereocenters. The van der Waals surface area contributed by atoms with E-state index in [4.69, 9.17) is 4.74 Å². The van der Waals surface area contributed by atoms with E-state index in [-0.39, 0.29) is 11.7 Å². The monoisotopic (exact) mass is 411 g/mol. The van der Waals surface area contributed by atoms with Crippen LogP contribution in [0.4, 0.5) is 0 Å². The number of hydrazone groups is 1. The second kappa shape index (κ2) is 7.74. The van der Waals surface area contributed by atoms with Gasteiger partial charge >= 0.3 is 0 Å². The third-order valence-electron chi connectivity index (χ3n) is 2.67. The Morgan fingerprint density at radius 3 is 2.86 bits per heavy atom. The number of aromatic nitrogens is 1. The van der Waals surface area contributed by atoms with Gasteiger partial charge in [0, 0.05) is 18.0 Å². The average molecular weight is 411 g/mol. The molecular weight excluding hydrogens is 397 g/mol. The van der Waals surface area contributed by atoms with E-state index in [9.17, 15) is 9.90 Å². The third-order valence-corrected chi connectivity index (χ3v) is 3.50. The lowest BCUT2D eigenvalue weighted by Crippen LogP contribution is -2.17. The fourth-order valence-corrected chi connectivity index (χ4v) is 2.29. The summed E-state index contributed by atoms with van der Waals surface area (Å²) >= 11 is 2.00. The van der Waals surface area contributed by atoms with Gasteiger partial charge in [-0.15, -0.1) is 0 Å². The number of halogens is 1. The Hall–Kier alpha value is -2.16. The van der Waals surface area contributed by atoms with Gasteiger partial charge in [0.25, 0.3) is 5.91 Å². The number of phenols is 1. The normalized spacial score (nSPS) is 10.6. The van der Waals surface area contributed by atoms with Crippen LogP contribution in [0.1, 0.15) is 22.8 Å². The first-order valence-electron chi connectivity index (χ1n) is 6.50. The van der Waals surface area contributed by atoms with E-state index in [1.165, 1.54) is 18.6 Å². The first-order chi connectivity index (χ1) is 10.6. The molecule has 0 aliphatic carbocycles. The standard InChI is InChI=1S/C15H14IN3O3/c1-2-22-13-8-10(7-12(16)14(13)20)9-18-19-15(21)11-3-5-17-6-4-11/h3-9,20H,2H2,1H3,(H,19,21)/b18-9+. The summed E-state index contributed by atoms with van der Waals surface area (Å²) in [5, 5.41) is 13.8. The molecule has 0 radical (unpaired) electrons. The lowest BCUT2D eigenvalue weighted by Gasteiger charge is -2.08. The van der Waals surface area contributed by atoms with Crippen LogP contribution in [0.3, 0.4) is 0 Å². The second-order valence-electron chi connectivity index (χ2n) is 4.22. The number of amides is 1. The molecule has 2 N–H and O–H groups in total. The van der Waals surface area contributed by atoms with Crippen molar-refractivity contribution in [2.24, 2.45) is 5.10 Å². The lowest BCUT2D eigenvalue weighted by molar-refractivity contribution is 0.0955. The van der Waals surface area contributed by atoms with E-state index in [0.717, 1.165) is 0 Å². The minimum atomic E-state index is -0.322. The molecule has 114 valence electrons. The molecule has 0 spiro atoms. The van der Waals surface area contributed by atoms with Crippen molar-refractivity contribution in [3.63, 3.8) is 0 Å². The molecule has 1 aromatic carbocycles. The maximum Gasteiger partial charge on any atom is 0.271 e. The number of carbonyl (C=O) groups excluding carboxylic acids is 1. The fourth-order valence-electron chi connectivity index (χ4n) is 1.67. The van der Waals surface area contributed by atoms with E-state index in [1.54, 1.807) is 24.3 Å². The maximum atomic E-state index is 11.8. The van der Waals surface area contributed by atoms with Crippen LogP contribution in [0.25, 0.3) is 0 Å². The van der Waals surface area contributed by atoms with Gasteiger partial charge in [-0.3, -0.25) is 9.78 Å². The zero-order valence-corrected chi connectivity index (χ0v) is 13.9. The molecule has 0 aliphatic rings. The number of hydrogen-bond donors (Lipinski definition) is 2. The second-order valence-corrected chi connectivity index (χ2v) is 5.38. The predicted octanol–water partition coefficient (Wildman–Crippen LogP) is 2.55. The first kappa shape index (κ1) is 16.2. The van der Waals surface area contributed by atoms with Gasteiger partial charge in [-0.2, -0.15) is 5.10 Å². The van der Waals surface area contributed by atoms with Crippen molar-refractivity contribution in [1.29, 1.82) is 0 Å². The number of pyridine rings is 1. The molecule has 1 heterocycles. The van der Waals surface area contributed by atoms with Crippen LogP contribution < -0.4 is 10.2 Å². The van der Waals surface area contributed by atoms with Gasteiger partial charge in [0.15, 0.2) is 11.5 Å². The number of hydrogen-bond acceptors (Lipinski definition) is 5. The van der Waals surface area contributed by atoms with Gasteiger partial charge in [0.05, 0.1) is 16.4 Å². The van der Waals surface area contributed by atoms with E-state index < -0.39 is 0 Å². The SMILES string of the molecule is CCOc1cc(/C=N/NC(=O)c2ccncc2)cc(I)c1O.